The van der Waals surface area contributed by atoms with Crippen molar-refractivity contribution >= 4 is 27.8 Å². The number of carbonyl (C=O) groups is 1. The van der Waals surface area contributed by atoms with Gasteiger partial charge in [-0.25, -0.2) is 4.68 Å². The van der Waals surface area contributed by atoms with E-state index in [2.05, 4.69) is 10.3 Å². The molecule has 0 bridgehead atoms. The van der Waals surface area contributed by atoms with Gasteiger partial charge in [0.25, 0.3) is 0 Å². The van der Waals surface area contributed by atoms with E-state index in [4.69, 9.17) is 9.47 Å². The van der Waals surface area contributed by atoms with Crippen molar-refractivity contribution in [3.8, 4) is 11.5 Å². The minimum absolute atomic E-state index is 0.144. The van der Waals surface area contributed by atoms with E-state index in [1.807, 2.05) is 44.2 Å². The molecule has 39 heavy (non-hydrogen) atoms. The first-order valence-electron chi connectivity index (χ1n) is 12.6. The van der Waals surface area contributed by atoms with Gasteiger partial charge in [-0.3, -0.25) is 13.9 Å². The van der Waals surface area contributed by atoms with E-state index in [-0.39, 0.29) is 19.1 Å². The summed E-state index contributed by atoms with van der Waals surface area (Å²) in [5.41, 5.74) is 4.69. The monoisotopic (exact) mass is 552 g/mol. The van der Waals surface area contributed by atoms with Crippen LogP contribution in [-0.4, -0.2) is 59.2 Å². The fraction of sp³-hybridized carbons (Fsp3) is 0.321. The molecule has 0 unspecified atom stereocenters. The van der Waals surface area contributed by atoms with Gasteiger partial charge in [-0.2, -0.15) is 4.31 Å². The average Bonchev–Trinajstić information content (AvgIpc) is 3.24. The van der Waals surface area contributed by atoms with Gasteiger partial charge in [-0.1, -0.05) is 35.5 Å². The van der Waals surface area contributed by atoms with Crippen LogP contribution in [0.1, 0.15) is 41.5 Å². The molecule has 1 aromatic heterocycles. The molecular formula is C28H32N4O6S. The third-order valence-corrected chi connectivity index (χ3v) is 9.03. The molecule has 11 heteroatoms. The largest absolute Gasteiger partial charge is 0.494 e. The number of ether oxygens (including phenoxy) is 2. The number of carboxylic acids is 1. The maximum atomic E-state index is 12.0. The van der Waals surface area contributed by atoms with Crippen molar-refractivity contribution < 1.29 is 28.5 Å². The minimum Gasteiger partial charge on any atom is -0.494 e. The lowest BCUT2D eigenvalue weighted by Crippen LogP contribution is -2.33. The van der Waals surface area contributed by atoms with Crippen LogP contribution in [-0.2, 0) is 18.4 Å². The molecule has 0 amide bonds. The zero-order valence-corrected chi connectivity index (χ0v) is 23.1. The van der Waals surface area contributed by atoms with Crippen molar-refractivity contribution in [3.05, 3.63) is 76.9 Å². The highest BCUT2D eigenvalue weighted by atomic mass is 32.3. The van der Waals surface area contributed by atoms with Crippen LogP contribution >= 0.6 is 10.8 Å². The fourth-order valence-corrected chi connectivity index (χ4v) is 6.78. The molecule has 2 heterocycles. The van der Waals surface area contributed by atoms with E-state index < -0.39 is 22.7 Å². The molecule has 1 aliphatic rings. The van der Waals surface area contributed by atoms with Gasteiger partial charge in [-0.15, -0.1) is 15.9 Å². The predicted octanol–water partition coefficient (Wildman–Crippen LogP) is 5.20. The van der Waals surface area contributed by atoms with Crippen LogP contribution in [0.25, 0.3) is 11.0 Å². The van der Waals surface area contributed by atoms with Crippen molar-refractivity contribution in [1.82, 2.24) is 19.3 Å². The summed E-state index contributed by atoms with van der Waals surface area (Å²) in [5.74, 6) is -0.407. The Hall–Kier alpha value is -3.64. The van der Waals surface area contributed by atoms with E-state index in [9.17, 15) is 19.0 Å². The minimum atomic E-state index is -3.32. The summed E-state index contributed by atoms with van der Waals surface area (Å²) in [6, 6.07) is 16.5. The quantitative estimate of drug-likeness (QED) is 0.283. The Bertz CT molecular complexity index is 1540. The van der Waals surface area contributed by atoms with Gasteiger partial charge in [0.15, 0.2) is 0 Å². The highest BCUT2D eigenvalue weighted by molar-refractivity contribution is 8.22. The summed E-state index contributed by atoms with van der Waals surface area (Å²) in [6.45, 7) is 4.40. The summed E-state index contributed by atoms with van der Waals surface area (Å²) in [7, 11) is 0.0112. The summed E-state index contributed by atoms with van der Waals surface area (Å²) >= 11 is 0. The second-order valence-electron chi connectivity index (χ2n) is 9.86. The van der Waals surface area contributed by atoms with Gasteiger partial charge in [-0.05, 0) is 60.4 Å². The Morgan fingerprint density at radius 1 is 1.18 bits per heavy atom. The van der Waals surface area contributed by atoms with Gasteiger partial charge in [0.05, 0.1) is 20.1 Å². The third kappa shape index (κ3) is 5.18. The number of carboxylic acid groups (broad SMARTS) is 1. The van der Waals surface area contributed by atoms with Crippen LogP contribution in [0.15, 0.2) is 59.5 Å². The molecule has 0 saturated carbocycles. The molecular weight excluding hydrogens is 520 g/mol. The van der Waals surface area contributed by atoms with E-state index >= 15 is 0 Å². The SMILES string of the molecule is COc1cc([C@@H](CC(=O)O)c2ccc(C)c(CN3C[C@@H](C)Oc4ccccc4S3(O)O)c2)cc2nnn(C)c12. The summed E-state index contributed by atoms with van der Waals surface area (Å²) in [4.78, 5) is 12.3. The van der Waals surface area contributed by atoms with Gasteiger partial charge >= 0.3 is 5.97 Å². The lowest BCUT2D eigenvalue weighted by Gasteiger charge is -2.42. The molecule has 206 valence electrons. The Morgan fingerprint density at radius 2 is 1.95 bits per heavy atom. The number of para-hydroxylation sites is 1. The van der Waals surface area contributed by atoms with Gasteiger partial charge in [0, 0.05) is 19.5 Å². The van der Waals surface area contributed by atoms with E-state index in [0.29, 0.717) is 28.5 Å². The first-order chi connectivity index (χ1) is 18.6. The maximum absolute atomic E-state index is 12.0. The number of hydrogen-bond acceptors (Lipinski definition) is 8. The van der Waals surface area contributed by atoms with Crippen molar-refractivity contribution in [2.75, 3.05) is 13.7 Å². The van der Waals surface area contributed by atoms with E-state index in [0.717, 1.165) is 27.8 Å². The Balaban J connectivity index is 1.55. The van der Waals surface area contributed by atoms with Gasteiger partial charge in [0.2, 0.25) is 0 Å². The van der Waals surface area contributed by atoms with Gasteiger partial charge in [0.1, 0.15) is 33.5 Å². The Morgan fingerprint density at radius 3 is 2.69 bits per heavy atom. The predicted molar refractivity (Wildman–Crippen MR) is 148 cm³/mol. The van der Waals surface area contributed by atoms with Crippen LogP contribution in [0.2, 0.25) is 0 Å². The number of nitrogens with zero attached hydrogens (tertiary/aromatic N) is 4. The number of fused-ring (bicyclic) bond motifs is 2. The van der Waals surface area contributed by atoms with E-state index in [1.165, 1.54) is 0 Å². The van der Waals surface area contributed by atoms with Crippen LogP contribution < -0.4 is 9.47 Å². The first kappa shape index (κ1) is 26.9. The van der Waals surface area contributed by atoms with Crippen LogP contribution in [0.4, 0.5) is 0 Å². The first-order valence-corrected chi connectivity index (χ1v) is 14.1. The zero-order chi connectivity index (χ0) is 27.9. The van der Waals surface area contributed by atoms with Crippen LogP contribution in [0.5, 0.6) is 11.5 Å². The molecule has 0 fully saturated rings. The number of hydrogen-bond donors (Lipinski definition) is 3. The number of aliphatic carboxylic acids is 1. The molecule has 0 radical (unpaired) electrons. The van der Waals surface area contributed by atoms with Crippen LogP contribution in [0.3, 0.4) is 0 Å². The molecule has 2 atom stereocenters. The number of rotatable bonds is 7. The standard InChI is InChI=1S/C28H32N4O6S/c1-17-9-10-19(22(14-27(33)34)20-12-23-28(25(13-20)37-4)31(3)30-29-23)11-21(17)16-32-15-18(2)38-24-7-5-6-8-26(24)39(32,35)36/h5-13,18,22,35-36H,14-16H2,1-4H3,(H,33,34)/t18-,22+/m1/s1. The lowest BCUT2D eigenvalue weighted by atomic mass is 9.86. The molecule has 10 nitrogen and oxygen atoms in total. The number of aromatic nitrogens is 3. The highest BCUT2D eigenvalue weighted by Gasteiger charge is 2.34. The maximum Gasteiger partial charge on any atom is 0.304 e. The van der Waals surface area contributed by atoms with Crippen LogP contribution in [0, 0.1) is 6.92 Å². The zero-order valence-electron chi connectivity index (χ0n) is 22.2. The summed E-state index contributed by atoms with van der Waals surface area (Å²) < 4.78 is 37.5. The molecule has 1 aliphatic heterocycles. The third-order valence-electron chi connectivity index (χ3n) is 7.10. The summed E-state index contributed by atoms with van der Waals surface area (Å²) in [6.07, 6.45) is -0.413. The van der Waals surface area contributed by atoms with Crippen molar-refractivity contribution in [2.24, 2.45) is 7.05 Å². The van der Waals surface area contributed by atoms with Crippen molar-refractivity contribution in [2.45, 2.75) is 43.7 Å². The second kappa shape index (κ2) is 10.5. The van der Waals surface area contributed by atoms with Crippen molar-refractivity contribution in [1.29, 1.82) is 0 Å². The fourth-order valence-electron chi connectivity index (χ4n) is 5.12. The van der Waals surface area contributed by atoms with Gasteiger partial charge < -0.3 is 14.6 Å². The number of benzene rings is 3. The molecule has 0 spiro atoms. The lowest BCUT2D eigenvalue weighted by molar-refractivity contribution is -0.137. The second-order valence-corrected chi connectivity index (χ2v) is 11.9. The molecule has 4 aromatic rings. The van der Waals surface area contributed by atoms with Crippen molar-refractivity contribution in [3.63, 3.8) is 0 Å². The smallest absolute Gasteiger partial charge is 0.304 e. The number of methoxy groups -OCH3 is 1. The molecule has 5 rings (SSSR count). The average molecular weight is 553 g/mol. The molecule has 3 aromatic carbocycles. The molecule has 3 N–H and O–H groups in total. The Kier molecular flexibility index (Phi) is 7.25. The Labute approximate surface area is 228 Å². The van der Waals surface area contributed by atoms with E-state index in [1.54, 1.807) is 47.4 Å². The number of aryl methyl sites for hydroxylation is 2. The topological polar surface area (TPSA) is 130 Å². The highest BCUT2D eigenvalue weighted by Crippen LogP contribution is 2.57. The molecule has 0 saturated heterocycles. The molecule has 0 aliphatic carbocycles. The summed E-state index contributed by atoms with van der Waals surface area (Å²) in [5, 5.41) is 18.1. The normalized spacial score (nSPS) is 18.6.